The normalized spacial score (nSPS) is 15.6. The maximum Gasteiger partial charge on any atom is 0.231 e. The number of aryl methyl sites for hydroxylation is 2. The van der Waals surface area contributed by atoms with Gasteiger partial charge in [-0.1, -0.05) is 36.6 Å². The van der Waals surface area contributed by atoms with Crippen molar-refractivity contribution in [2.24, 2.45) is 5.73 Å². The highest BCUT2D eigenvalue weighted by Gasteiger charge is 2.26. The lowest BCUT2D eigenvalue weighted by Crippen LogP contribution is -2.43. The first-order valence-electron chi connectivity index (χ1n) is 7.60. The third kappa shape index (κ3) is 4.14. The van der Waals surface area contributed by atoms with Crippen LogP contribution in [0.3, 0.4) is 0 Å². The van der Waals surface area contributed by atoms with E-state index in [9.17, 15) is 9.59 Å². The number of ketones is 1. The zero-order valence-electron chi connectivity index (χ0n) is 12.9. The summed E-state index contributed by atoms with van der Waals surface area (Å²) in [6, 6.07) is 6.16. The van der Waals surface area contributed by atoms with Gasteiger partial charge in [0, 0.05) is 11.6 Å². The van der Waals surface area contributed by atoms with Gasteiger partial charge in [0.15, 0.2) is 5.78 Å². The third-order valence-corrected chi connectivity index (χ3v) is 4.23. The monoisotopic (exact) mass is 288 g/mol. The van der Waals surface area contributed by atoms with Crippen LogP contribution in [-0.4, -0.2) is 35.7 Å². The fraction of sp³-hybridized carbons (Fsp3) is 0.529. The fourth-order valence-corrected chi connectivity index (χ4v) is 3.18. The van der Waals surface area contributed by atoms with Crippen LogP contribution >= 0.6 is 0 Å². The van der Waals surface area contributed by atoms with Crippen molar-refractivity contribution in [3.05, 3.63) is 34.9 Å². The quantitative estimate of drug-likeness (QED) is 0.816. The molecule has 0 unspecified atom stereocenters. The van der Waals surface area contributed by atoms with Gasteiger partial charge in [-0.25, -0.2) is 0 Å². The largest absolute Gasteiger partial charge is 0.369 e. The predicted molar refractivity (Wildman–Crippen MR) is 83.3 cm³/mol. The minimum absolute atomic E-state index is 0.0700. The van der Waals surface area contributed by atoms with Gasteiger partial charge in [0.25, 0.3) is 0 Å². The van der Waals surface area contributed by atoms with E-state index in [1.807, 2.05) is 36.9 Å². The van der Waals surface area contributed by atoms with Crippen molar-refractivity contribution < 1.29 is 9.59 Å². The van der Waals surface area contributed by atoms with Crippen LogP contribution in [0.1, 0.15) is 47.2 Å². The zero-order valence-corrected chi connectivity index (χ0v) is 12.9. The first-order valence-corrected chi connectivity index (χ1v) is 7.60. The number of amides is 1. The number of hydrogen-bond acceptors (Lipinski definition) is 3. The lowest BCUT2D eigenvalue weighted by atomic mass is 10.0. The van der Waals surface area contributed by atoms with Gasteiger partial charge in [-0.3, -0.25) is 14.5 Å². The van der Waals surface area contributed by atoms with Crippen LogP contribution < -0.4 is 5.73 Å². The van der Waals surface area contributed by atoms with Crippen molar-refractivity contribution in [2.75, 3.05) is 13.1 Å². The number of nitrogens with two attached hydrogens (primary N) is 1. The topological polar surface area (TPSA) is 63.4 Å². The van der Waals surface area contributed by atoms with E-state index >= 15 is 0 Å². The molecule has 114 valence electrons. The zero-order chi connectivity index (χ0) is 15.4. The van der Waals surface area contributed by atoms with Gasteiger partial charge in [0.2, 0.25) is 5.91 Å². The molecule has 4 heteroatoms. The second-order valence-electron chi connectivity index (χ2n) is 6.05. The minimum Gasteiger partial charge on any atom is -0.369 e. The van der Waals surface area contributed by atoms with Crippen LogP contribution in [0.5, 0.6) is 0 Å². The number of primary amides is 1. The summed E-state index contributed by atoms with van der Waals surface area (Å²) in [5.74, 6) is -0.295. The fourth-order valence-electron chi connectivity index (χ4n) is 3.18. The molecule has 0 aliphatic heterocycles. The molecule has 1 fully saturated rings. The maximum atomic E-state index is 12.5. The number of rotatable bonds is 6. The van der Waals surface area contributed by atoms with Crippen molar-refractivity contribution in [1.29, 1.82) is 0 Å². The molecule has 1 aliphatic rings. The first-order chi connectivity index (χ1) is 9.97. The molecule has 1 aliphatic carbocycles. The summed E-state index contributed by atoms with van der Waals surface area (Å²) in [6.07, 6.45) is 4.43. The molecule has 0 saturated heterocycles. The highest BCUT2D eigenvalue weighted by molar-refractivity contribution is 5.99. The van der Waals surface area contributed by atoms with Gasteiger partial charge < -0.3 is 5.73 Å². The second-order valence-corrected chi connectivity index (χ2v) is 6.05. The van der Waals surface area contributed by atoms with Crippen LogP contribution in [0, 0.1) is 13.8 Å². The number of benzene rings is 1. The Kier molecular flexibility index (Phi) is 5.12. The van der Waals surface area contributed by atoms with E-state index in [1.54, 1.807) is 0 Å². The molecule has 1 aromatic rings. The molecule has 0 aromatic heterocycles. The van der Waals surface area contributed by atoms with E-state index in [2.05, 4.69) is 0 Å². The molecule has 0 atom stereocenters. The minimum atomic E-state index is -0.365. The summed E-state index contributed by atoms with van der Waals surface area (Å²) in [6.45, 7) is 4.41. The van der Waals surface area contributed by atoms with E-state index in [1.165, 1.54) is 0 Å². The number of hydrogen-bond donors (Lipinski definition) is 1. The van der Waals surface area contributed by atoms with Crippen molar-refractivity contribution in [3.8, 4) is 0 Å². The van der Waals surface area contributed by atoms with E-state index in [0.29, 0.717) is 6.04 Å². The molecule has 4 nitrogen and oxygen atoms in total. The molecule has 0 heterocycles. The van der Waals surface area contributed by atoms with Crippen molar-refractivity contribution in [1.82, 2.24) is 4.90 Å². The summed E-state index contributed by atoms with van der Waals surface area (Å²) in [4.78, 5) is 25.8. The number of carbonyl (C=O) groups excluding carboxylic acids is 2. The molecule has 1 aromatic carbocycles. The first kappa shape index (κ1) is 15.7. The Morgan fingerprint density at radius 1 is 1.19 bits per heavy atom. The molecule has 0 spiro atoms. The van der Waals surface area contributed by atoms with Gasteiger partial charge in [0.05, 0.1) is 13.1 Å². The van der Waals surface area contributed by atoms with E-state index in [4.69, 9.17) is 5.73 Å². The lowest BCUT2D eigenvalue weighted by molar-refractivity contribution is -0.119. The Labute approximate surface area is 126 Å². The van der Waals surface area contributed by atoms with Crippen molar-refractivity contribution in [3.63, 3.8) is 0 Å². The third-order valence-electron chi connectivity index (χ3n) is 4.23. The molecule has 0 bridgehead atoms. The molecular formula is C17H24N2O2. The summed E-state index contributed by atoms with van der Waals surface area (Å²) in [5, 5.41) is 0. The lowest BCUT2D eigenvalue weighted by Gasteiger charge is -2.27. The summed E-state index contributed by atoms with van der Waals surface area (Å²) in [7, 11) is 0. The Morgan fingerprint density at radius 3 is 2.43 bits per heavy atom. The molecular weight excluding hydrogens is 264 g/mol. The summed E-state index contributed by atoms with van der Waals surface area (Å²) < 4.78 is 0. The molecule has 21 heavy (non-hydrogen) atoms. The van der Waals surface area contributed by atoms with E-state index < -0.39 is 0 Å². The SMILES string of the molecule is Cc1ccc(C(=O)CN(CC(N)=O)C2CCCC2)c(C)c1. The summed E-state index contributed by atoms with van der Waals surface area (Å²) >= 11 is 0. The van der Waals surface area contributed by atoms with Gasteiger partial charge in [0.1, 0.15) is 0 Å². The standard InChI is InChI=1S/C17H24N2O2/c1-12-7-8-15(13(2)9-12)16(20)10-19(11-17(18)21)14-5-3-4-6-14/h7-9,14H,3-6,10-11H2,1-2H3,(H2,18,21). The molecule has 2 N–H and O–H groups in total. The van der Waals surface area contributed by atoms with Crippen molar-refractivity contribution >= 4 is 11.7 Å². The predicted octanol–water partition coefficient (Wildman–Crippen LogP) is 2.22. The summed E-state index contributed by atoms with van der Waals surface area (Å²) in [5.41, 5.74) is 8.22. The Balaban J connectivity index is 2.11. The van der Waals surface area contributed by atoms with E-state index in [0.717, 1.165) is 42.4 Å². The molecule has 2 rings (SSSR count). The average Bonchev–Trinajstić information content (AvgIpc) is 2.90. The van der Waals surface area contributed by atoms with Gasteiger partial charge in [-0.15, -0.1) is 0 Å². The Morgan fingerprint density at radius 2 is 1.86 bits per heavy atom. The number of Topliss-reactive ketones (excluding diaryl/α,β-unsaturated/α-hetero) is 1. The second kappa shape index (κ2) is 6.85. The van der Waals surface area contributed by atoms with Crippen LogP contribution in [0.4, 0.5) is 0 Å². The smallest absolute Gasteiger partial charge is 0.231 e. The van der Waals surface area contributed by atoms with Crippen LogP contribution in [0.15, 0.2) is 18.2 Å². The van der Waals surface area contributed by atoms with Crippen LogP contribution in [0.2, 0.25) is 0 Å². The molecule has 0 radical (unpaired) electrons. The Hall–Kier alpha value is -1.68. The average molecular weight is 288 g/mol. The Bertz CT molecular complexity index is 534. The highest BCUT2D eigenvalue weighted by Crippen LogP contribution is 2.24. The van der Waals surface area contributed by atoms with Gasteiger partial charge in [-0.2, -0.15) is 0 Å². The van der Waals surface area contributed by atoms with E-state index in [-0.39, 0.29) is 24.8 Å². The van der Waals surface area contributed by atoms with Gasteiger partial charge >= 0.3 is 0 Å². The van der Waals surface area contributed by atoms with Crippen molar-refractivity contribution in [2.45, 2.75) is 45.6 Å². The molecule has 1 amide bonds. The highest BCUT2D eigenvalue weighted by atomic mass is 16.1. The number of nitrogens with zero attached hydrogens (tertiary/aromatic N) is 1. The van der Waals surface area contributed by atoms with Crippen LogP contribution in [0.25, 0.3) is 0 Å². The number of carbonyl (C=O) groups is 2. The van der Waals surface area contributed by atoms with Crippen LogP contribution in [-0.2, 0) is 4.79 Å². The van der Waals surface area contributed by atoms with Gasteiger partial charge in [-0.05, 0) is 32.3 Å². The maximum absolute atomic E-state index is 12.5. The molecule has 1 saturated carbocycles.